The molecule has 194 valence electrons. The lowest BCUT2D eigenvalue weighted by Crippen LogP contribution is -2.53. The summed E-state index contributed by atoms with van der Waals surface area (Å²) in [7, 11) is 0. The molecule has 0 spiro atoms. The Bertz CT molecular complexity index is 1240. The van der Waals surface area contributed by atoms with Crippen LogP contribution < -0.4 is 5.32 Å². The molecule has 2 aliphatic rings. The molecule has 1 atom stereocenters. The number of benzene rings is 2. The van der Waals surface area contributed by atoms with E-state index >= 15 is 0 Å². The summed E-state index contributed by atoms with van der Waals surface area (Å²) in [5.74, 6) is -0.753. The standard InChI is InChI=1S/C28H30ClFN4O3/c1-4-24-18-32(16-19-5-10-23(30)11-6-19)13-14-33(24)25(35)12-8-20-7-9-22(29)15-21(20)17-34-26(36)28(2,3)31-27(34)37/h4-12,15,24H,1,13-14,16-18H2,2-3H3,(H,31,37)/b12-8+/t24-/m1/s1. The van der Waals surface area contributed by atoms with Gasteiger partial charge < -0.3 is 10.2 Å². The maximum absolute atomic E-state index is 13.2. The van der Waals surface area contributed by atoms with Gasteiger partial charge in [0.25, 0.3) is 5.91 Å². The van der Waals surface area contributed by atoms with Gasteiger partial charge in [0, 0.05) is 37.3 Å². The van der Waals surface area contributed by atoms with Crippen molar-refractivity contribution < 1.29 is 18.8 Å². The van der Waals surface area contributed by atoms with Crippen molar-refractivity contribution in [3.63, 3.8) is 0 Å². The van der Waals surface area contributed by atoms with Crippen LogP contribution in [-0.4, -0.2) is 63.8 Å². The molecule has 0 saturated carbocycles. The van der Waals surface area contributed by atoms with Crippen molar-refractivity contribution in [1.82, 2.24) is 20.0 Å². The highest BCUT2D eigenvalue weighted by atomic mass is 35.5. The van der Waals surface area contributed by atoms with E-state index in [-0.39, 0.29) is 30.2 Å². The van der Waals surface area contributed by atoms with Gasteiger partial charge in [-0.1, -0.05) is 35.9 Å². The van der Waals surface area contributed by atoms with Crippen LogP contribution in [0.25, 0.3) is 6.08 Å². The average molecular weight is 525 g/mol. The van der Waals surface area contributed by atoms with E-state index in [1.165, 1.54) is 18.2 Å². The zero-order chi connectivity index (χ0) is 26.7. The first-order valence-corrected chi connectivity index (χ1v) is 12.5. The van der Waals surface area contributed by atoms with Crippen LogP contribution >= 0.6 is 11.6 Å². The van der Waals surface area contributed by atoms with Gasteiger partial charge in [0.15, 0.2) is 0 Å². The minimum atomic E-state index is -0.972. The lowest BCUT2D eigenvalue weighted by molar-refractivity contribution is -0.131. The molecule has 37 heavy (non-hydrogen) atoms. The molecule has 4 rings (SSSR count). The molecule has 0 unspecified atom stereocenters. The maximum atomic E-state index is 13.2. The number of carbonyl (C=O) groups excluding carboxylic acids is 3. The zero-order valence-electron chi connectivity index (χ0n) is 20.9. The molecule has 0 radical (unpaired) electrons. The van der Waals surface area contributed by atoms with Gasteiger partial charge in [0.05, 0.1) is 12.6 Å². The minimum Gasteiger partial charge on any atom is -0.330 e. The Labute approximate surface area is 221 Å². The molecule has 0 bridgehead atoms. The Balaban J connectivity index is 1.44. The molecule has 2 saturated heterocycles. The van der Waals surface area contributed by atoms with Crippen LogP contribution in [0.3, 0.4) is 0 Å². The fourth-order valence-corrected chi connectivity index (χ4v) is 4.79. The summed E-state index contributed by atoms with van der Waals surface area (Å²) in [6.45, 7) is 9.74. The van der Waals surface area contributed by atoms with Crippen molar-refractivity contribution in [2.45, 2.75) is 38.5 Å². The van der Waals surface area contributed by atoms with E-state index in [9.17, 15) is 18.8 Å². The van der Waals surface area contributed by atoms with Crippen LogP contribution in [0.1, 0.15) is 30.5 Å². The number of carbonyl (C=O) groups is 3. The first kappa shape index (κ1) is 26.6. The van der Waals surface area contributed by atoms with Crippen LogP contribution in [0.2, 0.25) is 5.02 Å². The molecule has 2 aliphatic heterocycles. The van der Waals surface area contributed by atoms with Crippen molar-refractivity contribution in [1.29, 1.82) is 0 Å². The number of hydrogen-bond acceptors (Lipinski definition) is 4. The number of nitrogens with one attached hydrogen (secondary N) is 1. The Morgan fingerprint density at radius 3 is 2.54 bits per heavy atom. The molecule has 4 amide bonds. The predicted molar refractivity (Wildman–Crippen MR) is 141 cm³/mol. The number of urea groups is 1. The Morgan fingerprint density at radius 2 is 1.89 bits per heavy atom. The lowest BCUT2D eigenvalue weighted by Gasteiger charge is -2.39. The van der Waals surface area contributed by atoms with Crippen LogP contribution in [0.15, 0.2) is 61.2 Å². The SMILES string of the molecule is C=C[C@@H]1CN(Cc2ccc(F)cc2)CCN1C(=O)/C=C/c1ccc(Cl)cc1CN1C(=O)NC(C)(C)C1=O. The summed E-state index contributed by atoms with van der Waals surface area (Å²) >= 11 is 6.20. The topological polar surface area (TPSA) is 73.0 Å². The highest BCUT2D eigenvalue weighted by Gasteiger charge is 2.44. The highest BCUT2D eigenvalue weighted by molar-refractivity contribution is 6.30. The summed E-state index contributed by atoms with van der Waals surface area (Å²) < 4.78 is 13.2. The van der Waals surface area contributed by atoms with Crippen molar-refractivity contribution in [2.24, 2.45) is 0 Å². The fraction of sp³-hybridized carbons (Fsp3) is 0.321. The minimum absolute atomic E-state index is 0.0415. The molecule has 2 fully saturated rings. The van der Waals surface area contributed by atoms with E-state index in [4.69, 9.17) is 11.6 Å². The number of halogens is 2. The predicted octanol–water partition coefficient (Wildman–Crippen LogP) is 4.22. The number of amides is 4. The van der Waals surface area contributed by atoms with Gasteiger partial charge in [0.1, 0.15) is 11.4 Å². The lowest BCUT2D eigenvalue weighted by atomic mass is 10.0. The summed E-state index contributed by atoms with van der Waals surface area (Å²) in [5.41, 5.74) is 1.38. The van der Waals surface area contributed by atoms with E-state index in [0.717, 1.165) is 10.5 Å². The number of hydrogen-bond donors (Lipinski definition) is 1. The number of piperazine rings is 1. The van der Waals surface area contributed by atoms with Crippen LogP contribution in [0, 0.1) is 5.82 Å². The van der Waals surface area contributed by atoms with Crippen molar-refractivity contribution >= 4 is 35.5 Å². The summed E-state index contributed by atoms with van der Waals surface area (Å²) in [6, 6.07) is 10.9. The molecule has 1 N–H and O–H groups in total. The molecule has 9 heteroatoms. The molecular formula is C28H30ClFN4O3. The molecule has 7 nitrogen and oxygen atoms in total. The van der Waals surface area contributed by atoms with Gasteiger partial charge in [-0.05, 0) is 60.9 Å². The highest BCUT2D eigenvalue weighted by Crippen LogP contribution is 2.24. The average Bonchev–Trinajstić information content (AvgIpc) is 3.06. The Kier molecular flexibility index (Phi) is 7.80. The number of nitrogens with zero attached hydrogens (tertiary/aromatic N) is 3. The summed E-state index contributed by atoms with van der Waals surface area (Å²) in [4.78, 5) is 43.2. The normalized spacial score (nSPS) is 19.9. The van der Waals surface area contributed by atoms with E-state index in [0.29, 0.717) is 42.3 Å². The quantitative estimate of drug-likeness (QED) is 0.334. The molecule has 2 aromatic rings. The van der Waals surface area contributed by atoms with Crippen molar-refractivity contribution in [3.05, 3.63) is 88.7 Å². The monoisotopic (exact) mass is 524 g/mol. The summed E-state index contributed by atoms with van der Waals surface area (Å²) in [5, 5.41) is 3.14. The molecule has 0 aromatic heterocycles. The van der Waals surface area contributed by atoms with Gasteiger partial charge in [-0.25, -0.2) is 9.18 Å². The third-order valence-electron chi connectivity index (χ3n) is 6.66. The second kappa shape index (κ2) is 10.9. The van der Waals surface area contributed by atoms with Crippen LogP contribution in [0.5, 0.6) is 0 Å². The van der Waals surface area contributed by atoms with Gasteiger partial charge in [-0.2, -0.15) is 0 Å². The van der Waals surface area contributed by atoms with Gasteiger partial charge in [-0.3, -0.25) is 19.4 Å². The molecular weight excluding hydrogens is 495 g/mol. The van der Waals surface area contributed by atoms with Crippen molar-refractivity contribution in [2.75, 3.05) is 19.6 Å². The third kappa shape index (κ3) is 6.09. The number of rotatable bonds is 7. The third-order valence-corrected chi connectivity index (χ3v) is 6.90. The Morgan fingerprint density at radius 1 is 1.16 bits per heavy atom. The zero-order valence-corrected chi connectivity index (χ0v) is 21.7. The first-order chi connectivity index (χ1) is 17.6. The van der Waals surface area contributed by atoms with Crippen LogP contribution in [0.4, 0.5) is 9.18 Å². The van der Waals surface area contributed by atoms with E-state index in [1.807, 2.05) is 0 Å². The van der Waals surface area contributed by atoms with Crippen molar-refractivity contribution in [3.8, 4) is 0 Å². The second-order valence-electron chi connectivity index (χ2n) is 9.82. The van der Waals surface area contributed by atoms with Crippen LogP contribution in [-0.2, 0) is 22.7 Å². The first-order valence-electron chi connectivity index (χ1n) is 12.1. The second-order valence-corrected chi connectivity index (χ2v) is 10.3. The molecule has 0 aliphatic carbocycles. The van der Waals surface area contributed by atoms with Gasteiger partial charge in [0.2, 0.25) is 5.91 Å². The molecule has 2 aromatic carbocycles. The van der Waals surface area contributed by atoms with E-state index < -0.39 is 11.6 Å². The van der Waals surface area contributed by atoms with E-state index in [1.54, 1.807) is 61.2 Å². The fourth-order valence-electron chi connectivity index (χ4n) is 4.60. The number of imide groups is 1. The largest absolute Gasteiger partial charge is 0.330 e. The van der Waals surface area contributed by atoms with Gasteiger partial charge in [-0.15, -0.1) is 6.58 Å². The maximum Gasteiger partial charge on any atom is 0.325 e. The summed E-state index contributed by atoms with van der Waals surface area (Å²) in [6.07, 6.45) is 4.94. The smallest absolute Gasteiger partial charge is 0.325 e. The van der Waals surface area contributed by atoms with E-state index in [2.05, 4.69) is 16.8 Å². The van der Waals surface area contributed by atoms with Gasteiger partial charge >= 0.3 is 6.03 Å². The molecule has 2 heterocycles. The Hall–Kier alpha value is -3.49.